The highest BCUT2D eigenvalue weighted by Gasteiger charge is 2.19. The van der Waals surface area contributed by atoms with E-state index in [1.54, 1.807) is 6.92 Å². The molecule has 0 aliphatic carbocycles. The summed E-state index contributed by atoms with van der Waals surface area (Å²) < 4.78 is 23.0. The number of hydrogen-bond donors (Lipinski definition) is 0. The maximum atomic E-state index is 11.1. The van der Waals surface area contributed by atoms with Crippen molar-refractivity contribution >= 4 is 15.9 Å². The number of carbonyl (C=O) groups excluding carboxylic acids is 1. The van der Waals surface area contributed by atoms with Crippen LogP contribution < -0.4 is 0 Å². The fraction of sp³-hybridized carbons (Fsp3) is 0.833. The third kappa shape index (κ3) is 2.49. The van der Waals surface area contributed by atoms with E-state index in [-0.39, 0.29) is 12.3 Å². The van der Waals surface area contributed by atoms with E-state index < -0.39 is 15.9 Å². The Hall–Kier alpha value is -0.580. The van der Waals surface area contributed by atoms with Crippen molar-refractivity contribution in [3.05, 3.63) is 0 Å². The first kappa shape index (κ1) is 10.4. The largest absolute Gasteiger partial charge is 0.274 e. The van der Waals surface area contributed by atoms with Crippen LogP contribution in [0.3, 0.4) is 0 Å². The molecule has 0 unspecified atom stereocenters. The van der Waals surface area contributed by atoms with Gasteiger partial charge in [-0.15, -0.1) is 0 Å². The zero-order chi connectivity index (χ0) is 9.07. The maximum Gasteiger partial charge on any atom is 0.237 e. The lowest BCUT2D eigenvalue weighted by Crippen LogP contribution is -2.35. The van der Waals surface area contributed by atoms with Crippen LogP contribution in [0.15, 0.2) is 0 Å². The van der Waals surface area contributed by atoms with Crippen LogP contribution in [-0.4, -0.2) is 30.9 Å². The number of sulfonamides is 1. The molecule has 0 rings (SSSR count). The normalized spacial score (nSPS) is 11.2. The molecule has 0 bridgehead atoms. The van der Waals surface area contributed by atoms with Crippen LogP contribution in [0, 0.1) is 0 Å². The van der Waals surface area contributed by atoms with Crippen LogP contribution in [0.2, 0.25) is 0 Å². The summed E-state index contributed by atoms with van der Waals surface area (Å²) >= 11 is 0. The smallest absolute Gasteiger partial charge is 0.237 e. The van der Waals surface area contributed by atoms with Gasteiger partial charge in [-0.05, 0) is 13.8 Å². The molecule has 0 N–H and O–H groups in total. The van der Waals surface area contributed by atoms with E-state index in [2.05, 4.69) is 0 Å². The Labute approximate surface area is 67.2 Å². The Kier molecular flexibility index (Phi) is 3.51. The van der Waals surface area contributed by atoms with Crippen LogP contribution >= 0.6 is 0 Å². The zero-order valence-corrected chi connectivity index (χ0v) is 7.81. The van der Waals surface area contributed by atoms with Gasteiger partial charge < -0.3 is 0 Å². The minimum atomic E-state index is -3.33. The second-order valence-electron chi connectivity index (χ2n) is 2.08. The molecule has 0 radical (unpaired) electrons. The Bertz CT molecular complexity index is 232. The molecule has 0 saturated heterocycles. The molecule has 0 aliphatic rings. The van der Waals surface area contributed by atoms with Gasteiger partial charge in [0, 0.05) is 13.5 Å². The molecule has 5 heteroatoms. The predicted octanol–water partition coefficient (Wildman–Crippen LogP) is 0.205. The lowest BCUT2D eigenvalue weighted by atomic mass is 10.6. The molecule has 1 amide bonds. The van der Waals surface area contributed by atoms with Crippen molar-refractivity contribution in [2.24, 2.45) is 0 Å². The third-order valence-electron chi connectivity index (χ3n) is 1.34. The van der Waals surface area contributed by atoms with Crippen LogP contribution in [-0.2, 0) is 14.8 Å². The fourth-order valence-electron chi connectivity index (χ4n) is 0.771. The number of hydrogen-bond acceptors (Lipinski definition) is 3. The Morgan fingerprint density at radius 1 is 1.36 bits per heavy atom. The van der Waals surface area contributed by atoms with Gasteiger partial charge in [0.05, 0.1) is 5.75 Å². The summed E-state index contributed by atoms with van der Waals surface area (Å²) in [6.07, 6.45) is 0. The van der Waals surface area contributed by atoms with Crippen LogP contribution in [0.25, 0.3) is 0 Å². The lowest BCUT2D eigenvalue weighted by Gasteiger charge is -2.17. The molecule has 4 nitrogen and oxygen atoms in total. The first-order valence-electron chi connectivity index (χ1n) is 3.46. The molecule has 0 aliphatic heterocycles. The summed E-state index contributed by atoms with van der Waals surface area (Å²) in [7, 11) is -3.33. The third-order valence-corrected chi connectivity index (χ3v) is 3.26. The molecule has 11 heavy (non-hydrogen) atoms. The number of nitrogens with zero attached hydrogens (tertiary/aromatic N) is 1. The Morgan fingerprint density at radius 3 is 1.91 bits per heavy atom. The Morgan fingerprint density at radius 2 is 1.82 bits per heavy atom. The number of rotatable bonds is 3. The van der Waals surface area contributed by atoms with Gasteiger partial charge in [-0.2, -0.15) is 0 Å². The second kappa shape index (κ2) is 3.71. The molecule has 0 heterocycles. The minimum Gasteiger partial charge on any atom is -0.274 e. The van der Waals surface area contributed by atoms with Crippen molar-refractivity contribution in [1.82, 2.24) is 4.31 Å². The molecule has 66 valence electrons. The molecule has 0 aromatic carbocycles. The summed E-state index contributed by atoms with van der Waals surface area (Å²) in [6, 6.07) is 0. The monoisotopic (exact) mass is 179 g/mol. The van der Waals surface area contributed by atoms with Gasteiger partial charge in [-0.25, -0.2) is 12.7 Å². The first-order valence-corrected chi connectivity index (χ1v) is 5.07. The van der Waals surface area contributed by atoms with E-state index in [1.165, 1.54) is 13.8 Å². The van der Waals surface area contributed by atoms with Crippen LogP contribution in [0.5, 0.6) is 0 Å². The van der Waals surface area contributed by atoms with Crippen molar-refractivity contribution in [2.45, 2.75) is 20.8 Å². The summed E-state index contributed by atoms with van der Waals surface area (Å²) in [4.78, 5) is 10.7. The van der Waals surface area contributed by atoms with E-state index in [0.29, 0.717) is 0 Å². The van der Waals surface area contributed by atoms with Crippen molar-refractivity contribution in [2.75, 3.05) is 12.3 Å². The van der Waals surface area contributed by atoms with E-state index in [4.69, 9.17) is 0 Å². The highest BCUT2D eigenvalue weighted by molar-refractivity contribution is 7.89. The molecular formula is C6H13NO3S. The average Bonchev–Trinajstić information content (AvgIpc) is 1.88. The van der Waals surface area contributed by atoms with Crippen LogP contribution in [0.4, 0.5) is 0 Å². The van der Waals surface area contributed by atoms with Gasteiger partial charge >= 0.3 is 0 Å². The first-order chi connectivity index (χ1) is 4.95. The molecule has 0 saturated carbocycles. The highest BCUT2D eigenvalue weighted by atomic mass is 32.2. The SMILES string of the molecule is CCN(C(C)=O)S(=O)(=O)CC. The van der Waals surface area contributed by atoms with Gasteiger partial charge in [0.1, 0.15) is 0 Å². The standard InChI is InChI=1S/C6H13NO3S/c1-4-7(6(3)8)11(9,10)5-2/h4-5H2,1-3H3. The van der Waals surface area contributed by atoms with E-state index in [9.17, 15) is 13.2 Å². The highest BCUT2D eigenvalue weighted by Crippen LogP contribution is 2.00. The van der Waals surface area contributed by atoms with Crippen molar-refractivity contribution in [3.63, 3.8) is 0 Å². The van der Waals surface area contributed by atoms with E-state index in [0.717, 1.165) is 4.31 Å². The lowest BCUT2D eigenvalue weighted by molar-refractivity contribution is -0.124. The quantitative estimate of drug-likeness (QED) is 0.622. The van der Waals surface area contributed by atoms with Gasteiger partial charge in [-0.1, -0.05) is 0 Å². The molecule has 0 spiro atoms. The summed E-state index contributed by atoms with van der Waals surface area (Å²) in [5.74, 6) is -0.449. The molecule has 0 aromatic rings. The molecular weight excluding hydrogens is 166 g/mol. The van der Waals surface area contributed by atoms with Gasteiger partial charge in [0.15, 0.2) is 0 Å². The fourth-order valence-corrected chi connectivity index (χ4v) is 1.87. The van der Waals surface area contributed by atoms with Crippen molar-refractivity contribution in [3.8, 4) is 0 Å². The number of carbonyl (C=O) groups is 1. The van der Waals surface area contributed by atoms with Gasteiger partial charge in [0.25, 0.3) is 0 Å². The maximum absolute atomic E-state index is 11.1. The van der Waals surface area contributed by atoms with Gasteiger partial charge in [0.2, 0.25) is 15.9 Å². The summed E-state index contributed by atoms with van der Waals surface area (Å²) in [6.45, 7) is 4.61. The summed E-state index contributed by atoms with van der Waals surface area (Å²) in [5, 5.41) is 0. The van der Waals surface area contributed by atoms with Crippen LogP contribution in [0.1, 0.15) is 20.8 Å². The molecule has 0 fully saturated rings. The predicted molar refractivity (Wildman–Crippen MR) is 42.5 cm³/mol. The second-order valence-corrected chi connectivity index (χ2v) is 4.27. The van der Waals surface area contributed by atoms with E-state index in [1.807, 2.05) is 0 Å². The summed E-state index contributed by atoms with van der Waals surface area (Å²) in [5.41, 5.74) is 0. The Balaban J connectivity index is 4.65. The zero-order valence-electron chi connectivity index (χ0n) is 6.99. The van der Waals surface area contributed by atoms with Crippen molar-refractivity contribution in [1.29, 1.82) is 0 Å². The minimum absolute atomic E-state index is 0.0274. The van der Waals surface area contributed by atoms with Crippen molar-refractivity contribution < 1.29 is 13.2 Å². The molecule has 0 atom stereocenters. The molecule has 0 aromatic heterocycles. The van der Waals surface area contributed by atoms with E-state index >= 15 is 0 Å². The average molecular weight is 179 g/mol. The number of amides is 1. The topological polar surface area (TPSA) is 54.5 Å². The van der Waals surface area contributed by atoms with Gasteiger partial charge in [-0.3, -0.25) is 4.79 Å².